The average Bonchev–Trinajstić information content (AvgIpc) is 2.61. The van der Waals surface area contributed by atoms with Crippen molar-refractivity contribution < 1.29 is 13.2 Å². The number of rotatable bonds is 8. The van der Waals surface area contributed by atoms with Gasteiger partial charge >= 0.3 is 0 Å². The Morgan fingerprint density at radius 3 is 2.41 bits per heavy atom. The van der Waals surface area contributed by atoms with E-state index < -0.39 is 16.1 Å². The number of hydrogen-bond acceptors (Lipinski definition) is 3. The number of aryl methyl sites for hydroxylation is 3. The van der Waals surface area contributed by atoms with Gasteiger partial charge in [-0.3, -0.25) is 9.10 Å². The van der Waals surface area contributed by atoms with E-state index in [4.69, 9.17) is 0 Å². The van der Waals surface area contributed by atoms with Crippen LogP contribution in [0.4, 0.5) is 5.69 Å². The fourth-order valence-electron chi connectivity index (χ4n) is 3.03. The number of carbonyl (C=O) groups excluding carboxylic acids is 1. The minimum absolute atomic E-state index is 0.297. The van der Waals surface area contributed by atoms with Crippen molar-refractivity contribution in [3.63, 3.8) is 0 Å². The average molecular weight is 389 g/mol. The van der Waals surface area contributed by atoms with Crippen molar-refractivity contribution in [2.75, 3.05) is 17.1 Å². The van der Waals surface area contributed by atoms with Gasteiger partial charge in [0.15, 0.2) is 0 Å². The number of amides is 1. The second kappa shape index (κ2) is 9.04. The summed E-state index contributed by atoms with van der Waals surface area (Å²) in [6, 6.07) is 14.8. The summed E-state index contributed by atoms with van der Waals surface area (Å²) in [6.45, 7) is 5.87. The van der Waals surface area contributed by atoms with Crippen LogP contribution in [0.3, 0.4) is 0 Å². The van der Waals surface area contributed by atoms with Crippen LogP contribution in [-0.2, 0) is 21.2 Å². The van der Waals surface area contributed by atoms with E-state index in [1.807, 2.05) is 44.2 Å². The second-order valence-electron chi connectivity index (χ2n) is 6.90. The van der Waals surface area contributed by atoms with E-state index in [-0.39, 0.29) is 5.91 Å². The van der Waals surface area contributed by atoms with Gasteiger partial charge in [-0.05, 0) is 56.4 Å². The number of nitrogens with zero attached hydrogens (tertiary/aromatic N) is 1. The third kappa shape index (κ3) is 5.82. The molecule has 0 heterocycles. The van der Waals surface area contributed by atoms with Crippen molar-refractivity contribution >= 4 is 21.6 Å². The Bertz CT molecular complexity index is 880. The van der Waals surface area contributed by atoms with Crippen molar-refractivity contribution in [2.24, 2.45) is 0 Å². The van der Waals surface area contributed by atoms with Gasteiger partial charge in [0.1, 0.15) is 6.04 Å². The molecular weight excluding hydrogens is 360 g/mol. The van der Waals surface area contributed by atoms with E-state index in [1.54, 1.807) is 13.0 Å². The molecule has 6 heteroatoms. The van der Waals surface area contributed by atoms with Gasteiger partial charge in [0.2, 0.25) is 15.9 Å². The van der Waals surface area contributed by atoms with Crippen molar-refractivity contribution in [2.45, 2.75) is 39.7 Å². The molecule has 146 valence electrons. The van der Waals surface area contributed by atoms with Crippen molar-refractivity contribution in [1.82, 2.24) is 5.32 Å². The normalized spacial score (nSPS) is 12.4. The third-order valence-electron chi connectivity index (χ3n) is 4.47. The van der Waals surface area contributed by atoms with Crippen LogP contribution in [0.25, 0.3) is 0 Å². The standard InChI is InChI=1S/C21H28N2O3S/c1-16-12-13-17(2)20(15-16)23(27(4,25)26)18(3)21(24)22-14-8-11-19-9-6-5-7-10-19/h5-7,9-10,12-13,15,18H,8,11,14H2,1-4H3,(H,22,24)/t18-/m0/s1. The van der Waals surface area contributed by atoms with Crippen LogP contribution in [0, 0.1) is 13.8 Å². The van der Waals surface area contributed by atoms with E-state index in [2.05, 4.69) is 17.4 Å². The number of anilines is 1. The van der Waals surface area contributed by atoms with E-state index in [1.165, 1.54) is 9.87 Å². The fourth-order valence-corrected chi connectivity index (χ4v) is 4.26. The minimum atomic E-state index is -3.60. The number of hydrogen-bond donors (Lipinski definition) is 1. The molecule has 0 spiro atoms. The summed E-state index contributed by atoms with van der Waals surface area (Å²) < 4.78 is 26.0. The first kappa shape index (κ1) is 21.0. The zero-order valence-electron chi connectivity index (χ0n) is 16.4. The number of carbonyl (C=O) groups is 1. The smallest absolute Gasteiger partial charge is 0.243 e. The van der Waals surface area contributed by atoms with Crippen molar-refractivity contribution in [1.29, 1.82) is 0 Å². The van der Waals surface area contributed by atoms with E-state index in [0.29, 0.717) is 12.2 Å². The fraction of sp³-hybridized carbons (Fsp3) is 0.381. The van der Waals surface area contributed by atoms with Crippen LogP contribution in [0.5, 0.6) is 0 Å². The van der Waals surface area contributed by atoms with Crippen molar-refractivity contribution in [3.8, 4) is 0 Å². The Hall–Kier alpha value is -2.34. The number of nitrogens with one attached hydrogen (secondary N) is 1. The molecule has 0 unspecified atom stereocenters. The molecular formula is C21H28N2O3S. The first-order valence-corrected chi connectivity index (χ1v) is 10.9. The van der Waals surface area contributed by atoms with Crippen LogP contribution in [0.15, 0.2) is 48.5 Å². The largest absolute Gasteiger partial charge is 0.354 e. The molecule has 1 atom stereocenters. The first-order chi connectivity index (χ1) is 12.7. The highest BCUT2D eigenvalue weighted by Gasteiger charge is 2.29. The Kier molecular flexibility index (Phi) is 7.02. The van der Waals surface area contributed by atoms with E-state index >= 15 is 0 Å². The number of benzene rings is 2. The number of sulfonamides is 1. The van der Waals surface area contributed by atoms with Gasteiger partial charge in [-0.15, -0.1) is 0 Å². The highest BCUT2D eigenvalue weighted by molar-refractivity contribution is 7.92. The SMILES string of the molecule is Cc1ccc(C)c(N([C@@H](C)C(=O)NCCCc2ccccc2)S(C)(=O)=O)c1. The Balaban J connectivity index is 2.05. The molecule has 0 fully saturated rings. The maximum absolute atomic E-state index is 12.6. The lowest BCUT2D eigenvalue weighted by atomic mass is 10.1. The Morgan fingerprint density at radius 2 is 1.78 bits per heavy atom. The van der Waals surface area contributed by atoms with Crippen LogP contribution in [0.1, 0.15) is 30.0 Å². The molecule has 0 aliphatic heterocycles. The molecule has 0 aliphatic carbocycles. The molecule has 0 aromatic heterocycles. The lowest BCUT2D eigenvalue weighted by Gasteiger charge is -2.29. The molecule has 0 saturated carbocycles. The van der Waals surface area contributed by atoms with Gasteiger partial charge in [-0.1, -0.05) is 42.5 Å². The third-order valence-corrected chi connectivity index (χ3v) is 5.70. The Labute approximate surface area is 162 Å². The van der Waals surface area contributed by atoms with Crippen LogP contribution < -0.4 is 9.62 Å². The maximum atomic E-state index is 12.6. The molecule has 1 N–H and O–H groups in total. The molecule has 5 nitrogen and oxygen atoms in total. The van der Waals surface area contributed by atoms with Crippen LogP contribution >= 0.6 is 0 Å². The maximum Gasteiger partial charge on any atom is 0.243 e. The molecule has 27 heavy (non-hydrogen) atoms. The summed E-state index contributed by atoms with van der Waals surface area (Å²) in [5, 5.41) is 2.86. The second-order valence-corrected chi connectivity index (χ2v) is 8.76. The summed E-state index contributed by atoms with van der Waals surface area (Å²) in [5.41, 5.74) is 3.52. The first-order valence-electron chi connectivity index (χ1n) is 9.08. The zero-order valence-corrected chi connectivity index (χ0v) is 17.2. The van der Waals surface area contributed by atoms with Crippen molar-refractivity contribution in [3.05, 3.63) is 65.2 Å². The summed E-state index contributed by atoms with van der Waals surface area (Å²) in [6.07, 6.45) is 2.79. The highest BCUT2D eigenvalue weighted by atomic mass is 32.2. The summed E-state index contributed by atoms with van der Waals surface area (Å²) >= 11 is 0. The molecule has 0 bridgehead atoms. The minimum Gasteiger partial charge on any atom is -0.354 e. The lowest BCUT2D eigenvalue weighted by Crippen LogP contribution is -2.48. The zero-order chi connectivity index (χ0) is 20.0. The molecule has 2 rings (SSSR count). The van der Waals surface area contributed by atoms with Gasteiger partial charge in [-0.25, -0.2) is 8.42 Å². The Morgan fingerprint density at radius 1 is 1.11 bits per heavy atom. The molecule has 2 aromatic carbocycles. The van der Waals surface area contributed by atoms with Crippen LogP contribution in [0.2, 0.25) is 0 Å². The quantitative estimate of drug-likeness (QED) is 0.706. The van der Waals surface area contributed by atoms with Gasteiger partial charge < -0.3 is 5.32 Å². The molecule has 0 saturated heterocycles. The summed E-state index contributed by atoms with van der Waals surface area (Å²) in [7, 11) is -3.60. The molecule has 0 radical (unpaired) electrons. The van der Waals surface area contributed by atoms with Gasteiger partial charge in [-0.2, -0.15) is 0 Å². The molecule has 2 aromatic rings. The highest BCUT2D eigenvalue weighted by Crippen LogP contribution is 2.26. The molecule has 1 amide bonds. The predicted molar refractivity (Wildman–Crippen MR) is 110 cm³/mol. The van der Waals surface area contributed by atoms with Gasteiger partial charge in [0.05, 0.1) is 11.9 Å². The van der Waals surface area contributed by atoms with E-state index in [0.717, 1.165) is 30.2 Å². The van der Waals surface area contributed by atoms with Gasteiger partial charge in [0.25, 0.3) is 0 Å². The topological polar surface area (TPSA) is 66.5 Å². The van der Waals surface area contributed by atoms with Gasteiger partial charge in [0, 0.05) is 6.54 Å². The summed E-state index contributed by atoms with van der Waals surface area (Å²) in [4.78, 5) is 12.6. The van der Waals surface area contributed by atoms with Crippen LogP contribution in [-0.4, -0.2) is 33.2 Å². The summed E-state index contributed by atoms with van der Waals surface area (Å²) in [5.74, 6) is -0.297. The lowest BCUT2D eigenvalue weighted by molar-refractivity contribution is -0.121. The predicted octanol–water partition coefficient (Wildman–Crippen LogP) is 3.21. The monoisotopic (exact) mass is 388 g/mol. The molecule has 0 aliphatic rings. The van der Waals surface area contributed by atoms with E-state index in [9.17, 15) is 13.2 Å².